The summed E-state index contributed by atoms with van der Waals surface area (Å²) in [4.78, 5) is 11.5. The number of nitrogens with zero attached hydrogens (tertiary/aromatic N) is 2. The van der Waals surface area contributed by atoms with Crippen LogP contribution in [0.4, 0.5) is 4.39 Å². The van der Waals surface area contributed by atoms with Crippen molar-refractivity contribution in [2.75, 3.05) is 6.26 Å². The summed E-state index contributed by atoms with van der Waals surface area (Å²) < 4.78 is 36.5. The molecule has 100 valence electrons. The number of hydrogen-bond donors (Lipinski definition) is 0. The van der Waals surface area contributed by atoms with Crippen molar-refractivity contribution in [1.29, 1.82) is 0 Å². The molecule has 2 rings (SSSR count). The van der Waals surface area contributed by atoms with E-state index in [0.717, 1.165) is 16.5 Å². The Morgan fingerprint density at radius 1 is 1.26 bits per heavy atom. The van der Waals surface area contributed by atoms with Gasteiger partial charge in [0.15, 0.2) is 5.78 Å². The molecule has 0 N–H and O–H groups in total. The number of Topliss-reactive ketones (excluding diaryl/α,β-unsaturated/α-hetero) is 1. The second-order valence-electron chi connectivity index (χ2n) is 4.09. The first-order valence-corrected chi connectivity index (χ1v) is 7.21. The molecule has 2 aromatic rings. The Balaban J connectivity index is 2.65. The number of carbonyl (C=O) groups excluding carboxylic acids is 1. The minimum Gasteiger partial charge on any atom is -0.294 e. The molecule has 0 atom stereocenters. The molecule has 1 heterocycles. The third kappa shape index (κ3) is 2.70. The lowest BCUT2D eigenvalue weighted by molar-refractivity contribution is 0.101. The SMILES string of the molecule is CC(=O)c1cn(S(C)(=O)=O)nc1-c1ccc(F)cc1. The molecule has 0 fully saturated rings. The molecule has 0 aliphatic heterocycles. The zero-order valence-corrected chi connectivity index (χ0v) is 11.1. The van der Waals surface area contributed by atoms with Crippen LogP contribution in [0.25, 0.3) is 11.3 Å². The van der Waals surface area contributed by atoms with E-state index in [1.807, 2.05) is 0 Å². The quantitative estimate of drug-likeness (QED) is 0.803. The number of aromatic nitrogens is 2. The fourth-order valence-corrected chi connectivity index (χ4v) is 2.13. The first kappa shape index (κ1) is 13.4. The van der Waals surface area contributed by atoms with E-state index in [9.17, 15) is 17.6 Å². The van der Waals surface area contributed by atoms with E-state index in [4.69, 9.17) is 0 Å². The van der Waals surface area contributed by atoms with Gasteiger partial charge in [-0.25, -0.2) is 12.8 Å². The van der Waals surface area contributed by atoms with Gasteiger partial charge in [0.2, 0.25) is 0 Å². The molecule has 19 heavy (non-hydrogen) atoms. The first-order valence-electron chi connectivity index (χ1n) is 5.36. The Morgan fingerprint density at radius 3 is 2.32 bits per heavy atom. The van der Waals surface area contributed by atoms with E-state index < -0.39 is 15.8 Å². The van der Waals surface area contributed by atoms with Crippen molar-refractivity contribution in [2.24, 2.45) is 0 Å². The van der Waals surface area contributed by atoms with Crippen molar-refractivity contribution in [3.05, 3.63) is 41.8 Å². The molecule has 0 aliphatic carbocycles. The van der Waals surface area contributed by atoms with Crippen LogP contribution in [0.5, 0.6) is 0 Å². The van der Waals surface area contributed by atoms with Crippen molar-refractivity contribution in [3.63, 3.8) is 0 Å². The maximum atomic E-state index is 12.9. The van der Waals surface area contributed by atoms with E-state index in [1.165, 1.54) is 31.2 Å². The highest BCUT2D eigenvalue weighted by Gasteiger charge is 2.18. The van der Waals surface area contributed by atoms with E-state index in [2.05, 4.69) is 5.10 Å². The molecular weight excluding hydrogens is 271 g/mol. The minimum absolute atomic E-state index is 0.178. The maximum Gasteiger partial charge on any atom is 0.250 e. The highest BCUT2D eigenvalue weighted by atomic mass is 32.2. The summed E-state index contributed by atoms with van der Waals surface area (Å²) in [5.74, 6) is -0.732. The second-order valence-corrected chi connectivity index (χ2v) is 5.93. The summed E-state index contributed by atoms with van der Waals surface area (Å²) in [7, 11) is -3.57. The summed E-state index contributed by atoms with van der Waals surface area (Å²) in [5, 5.41) is 3.89. The average Bonchev–Trinajstić information content (AvgIpc) is 2.74. The lowest BCUT2D eigenvalue weighted by atomic mass is 10.1. The molecular formula is C12H11FN2O3S. The molecule has 0 saturated heterocycles. The monoisotopic (exact) mass is 282 g/mol. The largest absolute Gasteiger partial charge is 0.294 e. The predicted molar refractivity (Wildman–Crippen MR) is 67.9 cm³/mol. The van der Waals surface area contributed by atoms with Crippen molar-refractivity contribution < 1.29 is 17.6 Å². The fourth-order valence-electron chi connectivity index (χ4n) is 1.60. The van der Waals surface area contributed by atoms with Crippen LogP contribution in [0, 0.1) is 5.82 Å². The molecule has 7 heteroatoms. The number of hydrogen-bond acceptors (Lipinski definition) is 4. The average molecular weight is 282 g/mol. The van der Waals surface area contributed by atoms with Crippen LogP contribution in [0.15, 0.2) is 30.5 Å². The van der Waals surface area contributed by atoms with Gasteiger partial charge in [0, 0.05) is 5.56 Å². The molecule has 0 bridgehead atoms. The second kappa shape index (κ2) is 4.58. The Hall–Kier alpha value is -2.02. The molecule has 0 saturated carbocycles. The van der Waals surface area contributed by atoms with Crippen LogP contribution in [-0.4, -0.2) is 29.6 Å². The number of rotatable bonds is 3. The van der Waals surface area contributed by atoms with E-state index in [0.29, 0.717) is 5.56 Å². The molecule has 1 aromatic heterocycles. The Bertz CT molecular complexity index is 733. The fraction of sp³-hybridized carbons (Fsp3) is 0.167. The topological polar surface area (TPSA) is 69.0 Å². The van der Waals surface area contributed by atoms with Gasteiger partial charge in [-0.3, -0.25) is 4.79 Å². The van der Waals surface area contributed by atoms with Crippen molar-refractivity contribution in [3.8, 4) is 11.3 Å². The van der Waals surface area contributed by atoms with Gasteiger partial charge in [0.25, 0.3) is 10.0 Å². The van der Waals surface area contributed by atoms with Crippen LogP contribution in [0.1, 0.15) is 17.3 Å². The van der Waals surface area contributed by atoms with Crippen molar-refractivity contribution in [2.45, 2.75) is 6.92 Å². The molecule has 0 spiro atoms. The van der Waals surface area contributed by atoms with Gasteiger partial charge >= 0.3 is 0 Å². The predicted octanol–water partition coefficient (Wildman–Crippen LogP) is 1.70. The normalized spacial score (nSPS) is 11.5. The highest BCUT2D eigenvalue weighted by molar-refractivity contribution is 7.89. The van der Waals surface area contributed by atoms with E-state index in [-0.39, 0.29) is 17.0 Å². The maximum absolute atomic E-state index is 12.9. The number of ketones is 1. The van der Waals surface area contributed by atoms with Crippen LogP contribution >= 0.6 is 0 Å². The molecule has 0 amide bonds. The summed E-state index contributed by atoms with van der Waals surface area (Å²) in [5.41, 5.74) is 0.879. The molecule has 1 aromatic carbocycles. The minimum atomic E-state index is -3.57. The smallest absolute Gasteiger partial charge is 0.250 e. The molecule has 0 unspecified atom stereocenters. The van der Waals surface area contributed by atoms with Gasteiger partial charge in [0.05, 0.1) is 18.0 Å². The van der Waals surface area contributed by atoms with E-state index >= 15 is 0 Å². The molecule has 5 nitrogen and oxygen atoms in total. The van der Waals surface area contributed by atoms with Crippen LogP contribution in [0.3, 0.4) is 0 Å². The first-order chi connectivity index (χ1) is 8.79. The molecule has 0 radical (unpaired) electrons. The van der Waals surface area contributed by atoms with Gasteiger partial charge in [-0.15, -0.1) is 0 Å². The van der Waals surface area contributed by atoms with Gasteiger partial charge in [0.1, 0.15) is 11.5 Å². The van der Waals surface area contributed by atoms with Crippen molar-refractivity contribution >= 4 is 15.8 Å². The highest BCUT2D eigenvalue weighted by Crippen LogP contribution is 2.23. The summed E-state index contributed by atoms with van der Waals surface area (Å²) in [6.07, 6.45) is 2.15. The summed E-state index contributed by atoms with van der Waals surface area (Å²) >= 11 is 0. The zero-order valence-electron chi connectivity index (χ0n) is 10.3. The Kier molecular flexibility index (Phi) is 3.23. The number of carbonyl (C=O) groups is 1. The lowest BCUT2D eigenvalue weighted by Crippen LogP contribution is -2.10. The van der Waals surface area contributed by atoms with Crippen LogP contribution < -0.4 is 0 Å². The van der Waals surface area contributed by atoms with Crippen molar-refractivity contribution in [1.82, 2.24) is 9.19 Å². The van der Waals surface area contributed by atoms with E-state index in [1.54, 1.807) is 0 Å². The van der Waals surface area contributed by atoms with Gasteiger partial charge in [-0.2, -0.15) is 9.19 Å². The molecule has 0 aliphatic rings. The zero-order chi connectivity index (χ0) is 14.2. The third-order valence-corrected chi connectivity index (χ3v) is 3.40. The van der Waals surface area contributed by atoms with Gasteiger partial charge < -0.3 is 0 Å². The number of halogens is 1. The summed E-state index contributed by atoms with van der Waals surface area (Å²) in [6.45, 7) is 1.32. The van der Waals surface area contributed by atoms with Gasteiger partial charge in [-0.1, -0.05) is 0 Å². The summed E-state index contributed by atoms with van der Waals surface area (Å²) in [6, 6.07) is 5.32. The van der Waals surface area contributed by atoms with Crippen LogP contribution in [0.2, 0.25) is 0 Å². The Morgan fingerprint density at radius 2 is 1.84 bits per heavy atom. The number of benzene rings is 1. The lowest BCUT2D eigenvalue weighted by Gasteiger charge is -1.99. The van der Waals surface area contributed by atoms with Gasteiger partial charge in [-0.05, 0) is 31.2 Å². The third-order valence-electron chi connectivity index (χ3n) is 2.53. The standard InChI is InChI=1S/C12H11FN2O3S/c1-8(16)11-7-15(19(2,17)18)14-12(11)9-3-5-10(13)6-4-9/h3-7H,1-2H3. The van der Waals surface area contributed by atoms with Crippen LogP contribution in [-0.2, 0) is 10.0 Å². The Labute approximate surface area is 109 Å².